The van der Waals surface area contributed by atoms with Crippen LogP contribution in [-0.4, -0.2) is 50.4 Å². The van der Waals surface area contributed by atoms with E-state index in [4.69, 9.17) is 19.1 Å². The van der Waals surface area contributed by atoms with Crippen LogP contribution < -0.4 is 0 Å². The van der Waals surface area contributed by atoms with Gasteiger partial charge in [-0.25, -0.2) is 0 Å². The van der Waals surface area contributed by atoms with Gasteiger partial charge in [-0.15, -0.1) is 0 Å². The van der Waals surface area contributed by atoms with Gasteiger partial charge in [-0.1, -0.05) is 12.8 Å². The van der Waals surface area contributed by atoms with Gasteiger partial charge in [0, 0.05) is 19.8 Å². The Morgan fingerprint density at radius 2 is 1.84 bits per heavy atom. The van der Waals surface area contributed by atoms with E-state index < -0.39 is 10.1 Å². The number of hydrogen-bond acceptors (Lipinski definition) is 5. The van der Waals surface area contributed by atoms with Gasteiger partial charge in [0.2, 0.25) is 0 Å². The Labute approximate surface area is 115 Å². The quantitative estimate of drug-likeness (QED) is 0.547. The van der Waals surface area contributed by atoms with E-state index in [1.165, 1.54) is 12.8 Å². The highest BCUT2D eigenvalue weighted by molar-refractivity contribution is 7.85. The minimum Gasteiger partial charge on any atom is -0.396 e. The summed E-state index contributed by atoms with van der Waals surface area (Å²) in [5, 5.41) is 8.58. The first-order valence-electron chi connectivity index (χ1n) is 6.70. The molecule has 0 saturated carbocycles. The molecular formula is C12H26O6S. The second kappa shape index (κ2) is 11.6. The van der Waals surface area contributed by atoms with Crippen molar-refractivity contribution in [1.82, 2.24) is 0 Å². The van der Waals surface area contributed by atoms with Crippen LogP contribution in [0.1, 0.15) is 44.9 Å². The Morgan fingerprint density at radius 3 is 2.37 bits per heavy atom. The molecule has 0 radical (unpaired) electrons. The fourth-order valence-electron chi connectivity index (χ4n) is 1.62. The second-order valence-corrected chi connectivity index (χ2v) is 6.00. The third-order valence-corrected chi connectivity index (χ3v) is 2.49. The van der Waals surface area contributed by atoms with Crippen molar-refractivity contribution in [3.63, 3.8) is 0 Å². The smallest absolute Gasteiger partial charge is 0.261 e. The van der Waals surface area contributed by atoms with Gasteiger partial charge in [0.15, 0.2) is 6.29 Å². The lowest BCUT2D eigenvalue weighted by atomic mass is 10.2. The molecule has 1 unspecified atom stereocenters. The van der Waals surface area contributed by atoms with Gasteiger partial charge in [-0.3, -0.25) is 4.55 Å². The molecule has 1 fully saturated rings. The second-order valence-electron chi connectivity index (χ2n) is 4.54. The summed E-state index contributed by atoms with van der Waals surface area (Å²) < 4.78 is 36.9. The topological polar surface area (TPSA) is 93.1 Å². The number of aliphatic hydroxyl groups excluding tert-OH is 1. The van der Waals surface area contributed by atoms with Gasteiger partial charge in [-0.2, -0.15) is 8.42 Å². The van der Waals surface area contributed by atoms with Crippen LogP contribution in [0.15, 0.2) is 0 Å². The van der Waals surface area contributed by atoms with Crippen LogP contribution in [0.25, 0.3) is 0 Å². The molecule has 0 bridgehead atoms. The molecule has 6 nitrogen and oxygen atoms in total. The molecular weight excluding hydrogens is 272 g/mol. The Morgan fingerprint density at radius 1 is 1.21 bits per heavy atom. The zero-order valence-electron chi connectivity index (χ0n) is 11.6. The number of aliphatic hydroxyl groups is 1. The maximum absolute atomic E-state index is 9.19. The lowest BCUT2D eigenvalue weighted by Crippen LogP contribution is -2.22. The largest absolute Gasteiger partial charge is 0.396 e. The van der Waals surface area contributed by atoms with Gasteiger partial charge in [0.25, 0.3) is 10.1 Å². The predicted molar refractivity (Wildman–Crippen MR) is 72.6 cm³/mol. The summed E-state index contributed by atoms with van der Waals surface area (Å²) in [5.41, 5.74) is 0. The Hall–Kier alpha value is -0.210. The summed E-state index contributed by atoms with van der Waals surface area (Å²) in [6.45, 7) is 1.97. The van der Waals surface area contributed by atoms with E-state index in [0.717, 1.165) is 45.3 Å². The third kappa shape index (κ3) is 17.8. The van der Waals surface area contributed by atoms with E-state index in [0.29, 0.717) is 12.9 Å². The minimum atomic E-state index is -3.67. The van der Waals surface area contributed by atoms with Crippen LogP contribution in [0.3, 0.4) is 0 Å². The first-order valence-corrected chi connectivity index (χ1v) is 8.55. The molecule has 1 rings (SSSR count). The van der Waals surface area contributed by atoms with Gasteiger partial charge in [0.05, 0.1) is 6.26 Å². The van der Waals surface area contributed by atoms with E-state index in [1.54, 1.807) is 0 Å². The Kier molecular flexibility index (Phi) is 11.5. The average Bonchev–Trinajstić information content (AvgIpc) is 2.33. The number of unbranched alkanes of at least 4 members (excludes halogenated alkanes) is 3. The zero-order chi connectivity index (χ0) is 14.6. The normalized spacial score (nSPS) is 19.6. The molecule has 0 aliphatic carbocycles. The molecule has 1 aliphatic rings. The predicted octanol–water partition coefficient (Wildman–Crippen LogP) is 1.59. The van der Waals surface area contributed by atoms with Crippen molar-refractivity contribution in [3.05, 3.63) is 0 Å². The molecule has 2 N–H and O–H groups in total. The summed E-state index contributed by atoms with van der Waals surface area (Å²) in [6, 6.07) is 0. The van der Waals surface area contributed by atoms with Crippen LogP contribution in [-0.2, 0) is 19.6 Å². The van der Waals surface area contributed by atoms with Crippen molar-refractivity contribution < 1.29 is 27.6 Å². The lowest BCUT2D eigenvalue weighted by Gasteiger charge is -2.22. The molecule has 116 valence electrons. The zero-order valence-corrected chi connectivity index (χ0v) is 12.4. The third-order valence-electron chi connectivity index (χ3n) is 2.49. The Balaban J connectivity index is 0.000000555. The van der Waals surface area contributed by atoms with Crippen LogP contribution in [0, 0.1) is 0 Å². The van der Waals surface area contributed by atoms with Gasteiger partial charge >= 0.3 is 0 Å². The molecule has 1 saturated heterocycles. The Bertz CT molecular complexity index is 277. The summed E-state index contributed by atoms with van der Waals surface area (Å²) in [5.74, 6) is 0. The van der Waals surface area contributed by atoms with E-state index in [-0.39, 0.29) is 6.29 Å². The van der Waals surface area contributed by atoms with Gasteiger partial charge in [-0.05, 0) is 32.1 Å². The van der Waals surface area contributed by atoms with Gasteiger partial charge < -0.3 is 14.6 Å². The molecule has 0 spiro atoms. The standard InChI is InChI=1S/C11H22O3.CH4O3S/c12-8-4-1-2-5-9-13-11-7-3-6-10-14-11;1-5(2,3)4/h11-12H,1-10H2;1H3,(H,2,3,4). The molecule has 0 aromatic heterocycles. The molecule has 1 heterocycles. The SMILES string of the molecule is CS(=O)(=O)O.OCCCCCCOC1CCCCO1. The summed E-state index contributed by atoms with van der Waals surface area (Å²) in [7, 11) is -3.67. The number of ether oxygens (including phenoxy) is 2. The van der Waals surface area contributed by atoms with Crippen LogP contribution in [0.5, 0.6) is 0 Å². The fraction of sp³-hybridized carbons (Fsp3) is 1.00. The lowest BCUT2D eigenvalue weighted by molar-refractivity contribution is -0.162. The molecule has 0 amide bonds. The van der Waals surface area contributed by atoms with Gasteiger partial charge in [0.1, 0.15) is 0 Å². The highest BCUT2D eigenvalue weighted by Gasteiger charge is 2.12. The van der Waals surface area contributed by atoms with Crippen molar-refractivity contribution in [2.75, 3.05) is 26.1 Å². The number of rotatable bonds is 7. The van der Waals surface area contributed by atoms with E-state index in [1.807, 2.05) is 0 Å². The highest BCUT2D eigenvalue weighted by atomic mass is 32.2. The number of hydrogen-bond donors (Lipinski definition) is 2. The first-order chi connectivity index (χ1) is 8.93. The maximum atomic E-state index is 9.19. The van der Waals surface area contributed by atoms with Crippen LogP contribution in [0.4, 0.5) is 0 Å². The van der Waals surface area contributed by atoms with Crippen LogP contribution in [0.2, 0.25) is 0 Å². The molecule has 1 atom stereocenters. The summed E-state index contributed by atoms with van der Waals surface area (Å²) >= 11 is 0. The van der Waals surface area contributed by atoms with Crippen molar-refractivity contribution in [3.8, 4) is 0 Å². The monoisotopic (exact) mass is 298 g/mol. The van der Waals surface area contributed by atoms with Crippen LogP contribution >= 0.6 is 0 Å². The molecule has 19 heavy (non-hydrogen) atoms. The highest BCUT2D eigenvalue weighted by Crippen LogP contribution is 2.14. The maximum Gasteiger partial charge on any atom is 0.261 e. The van der Waals surface area contributed by atoms with Crippen molar-refractivity contribution in [2.24, 2.45) is 0 Å². The van der Waals surface area contributed by atoms with Crippen molar-refractivity contribution >= 4 is 10.1 Å². The van der Waals surface area contributed by atoms with Crippen molar-refractivity contribution in [2.45, 2.75) is 51.2 Å². The fourth-order valence-corrected chi connectivity index (χ4v) is 1.62. The van der Waals surface area contributed by atoms with E-state index in [2.05, 4.69) is 0 Å². The van der Waals surface area contributed by atoms with E-state index >= 15 is 0 Å². The summed E-state index contributed by atoms with van der Waals surface area (Å²) in [4.78, 5) is 0. The van der Waals surface area contributed by atoms with Crippen molar-refractivity contribution in [1.29, 1.82) is 0 Å². The molecule has 0 aromatic carbocycles. The summed E-state index contributed by atoms with van der Waals surface area (Å²) in [6.07, 6.45) is 8.48. The van der Waals surface area contributed by atoms with E-state index in [9.17, 15) is 8.42 Å². The average molecular weight is 298 g/mol. The molecule has 1 aliphatic heterocycles. The molecule has 0 aromatic rings. The minimum absolute atomic E-state index is 0.0570. The first kappa shape index (κ1) is 18.8. The molecule has 7 heteroatoms.